The first-order valence-corrected chi connectivity index (χ1v) is 6.52. The van der Waals surface area contributed by atoms with Gasteiger partial charge in [-0.3, -0.25) is 0 Å². The maximum absolute atomic E-state index is 3.52. The van der Waals surface area contributed by atoms with E-state index in [1.807, 2.05) is 0 Å². The molecular formula is C13H28N2. The van der Waals surface area contributed by atoms with E-state index in [4.69, 9.17) is 0 Å². The molecule has 0 aliphatic heterocycles. The fraction of sp³-hybridized carbons (Fsp3) is 1.00. The molecule has 1 aliphatic rings. The summed E-state index contributed by atoms with van der Waals surface area (Å²) in [4.78, 5) is 2.50. The van der Waals surface area contributed by atoms with Crippen LogP contribution < -0.4 is 5.32 Å². The molecule has 1 unspecified atom stereocenters. The van der Waals surface area contributed by atoms with Crippen molar-refractivity contribution in [3.05, 3.63) is 0 Å². The molecule has 1 rings (SSSR count). The van der Waals surface area contributed by atoms with Gasteiger partial charge in [-0.1, -0.05) is 13.8 Å². The number of hydrogen-bond acceptors (Lipinski definition) is 2. The van der Waals surface area contributed by atoms with Gasteiger partial charge in [0.15, 0.2) is 0 Å². The molecule has 0 aromatic carbocycles. The third-order valence-corrected chi connectivity index (χ3v) is 3.54. The molecule has 0 amide bonds. The lowest BCUT2D eigenvalue weighted by Crippen LogP contribution is -2.36. The Morgan fingerprint density at radius 3 is 2.40 bits per heavy atom. The number of likely N-dealkylation sites (N-methyl/N-ethyl adjacent to an activating group) is 1. The average Bonchev–Trinajstić information content (AvgIpc) is 2.98. The third-order valence-electron chi connectivity index (χ3n) is 3.54. The Morgan fingerprint density at radius 1 is 1.20 bits per heavy atom. The molecule has 90 valence electrons. The Bertz CT molecular complexity index is 164. The summed E-state index contributed by atoms with van der Waals surface area (Å²) in [6.07, 6.45) is 4.19. The predicted octanol–water partition coefficient (Wildman–Crippen LogP) is 2.35. The van der Waals surface area contributed by atoms with Gasteiger partial charge < -0.3 is 10.2 Å². The van der Waals surface area contributed by atoms with Crippen molar-refractivity contribution in [2.75, 3.05) is 26.7 Å². The van der Waals surface area contributed by atoms with Crippen LogP contribution in [-0.4, -0.2) is 37.6 Å². The van der Waals surface area contributed by atoms with Crippen molar-refractivity contribution in [1.29, 1.82) is 0 Å². The van der Waals surface area contributed by atoms with Crippen molar-refractivity contribution in [3.8, 4) is 0 Å². The highest BCUT2D eigenvalue weighted by molar-refractivity contribution is 4.84. The molecule has 0 aromatic heterocycles. The van der Waals surface area contributed by atoms with E-state index < -0.39 is 0 Å². The molecule has 0 spiro atoms. The molecule has 1 saturated carbocycles. The van der Waals surface area contributed by atoms with Gasteiger partial charge in [-0.2, -0.15) is 0 Å². The highest BCUT2D eigenvalue weighted by Gasteiger charge is 2.29. The van der Waals surface area contributed by atoms with Crippen LogP contribution in [0.4, 0.5) is 0 Å². The van der Waals surface area contributed by atoms with Crippen molar-refractivity contribution in [2.24, 2.45) is 11.8 Å². The molecule has 0 heterocycles. The Labute approximate surface area is 95.4 Å². The molecule has 1 fully saturated rings. The Morgan fingerprint density at radius 2 is 1.87 bits per heavy atom. The Balaban J connectivity index is 1.94. The predicted molar refractivity (Wildman–Crippen MR) is 67.1 cm³/mol. The normalized spacial score (nSPS) is 18.8. The van der Waals surface area contributed by atoms with E-state index in [1.54, 1.807) is 0 Å². The van der Waals surface area contributed by atoms with Crippen LogP contribution in [0, 0.1) is 11.8 Å². The fourth-order valence-corrected chi connectivity index (χ4v) is 1.91. The number of hydrogen-bond donors (Lipinski definition) is 1. The maximum Gasteiger partial charge on any atom is 0.0107 e. The first kappa shape index (κ1) is 13.0. The molecule has 2 heteroatoms. The smallest absolute Gasteiger partial charge is 0.0107 e. The number of nitrogens with one attached hydrogen (secondary N) is 1. The van der Waals surface area contributed by atoms with Gasteiger partial charge in [0.2, 0.25) is 0 Å². The largest absolute Gasteiger partial charge is 0.315 e. The minimum atomic E-state index is 0.789. The monoisotopic (exact) mass is 212 g/mol. The van der Waals surface area contributed by atoms with Gasteiger partial charge in [-0.25, -0.2) is 0 Å². The van der Waals surface area contributed by atoms with Gasteiger partial charge in [-0.05, 0) is 51.6 Å². The van der Waals surface area contributed by atoms with Crippen molar-refractivity contribution in [2.45, 2.75) is 46.1 Å². The minimum absolute atomic E-state index is 0.789. The molecule has 2 nitrogen and oxygen atoms in total. The molecule has 0 saturated heterocycles. The first-order chi connectivity index (χ1) is 7.11. The van der Waals surface area contributed by atoms with Crippen LogP contribution in [0.1, 0.15) is 40.0 Å². The molecular weight excluding hydrogens is 184 g/mol. The summed E-state index contributed by atoms with van der Waals surface area (Å²) in [5.74, 6) is 1.81. The summed E-state index contributed by atoms with van der Waals surface area (Å²) in [5, 5.41) is 3.52. The second-order valence-electron chi connectivity index (χ2n) is 5.49. The SMILES string of the molecule is CC(C)CCNCCN(C)C(C)C1CC1. The van der Waals surface area contributed by atoms with E-state index >= 15 is 0 Å². The van der Waals surface area contributed by atoms with Crippen LogP contribution in [0.15, 0.2) is 0 Å². The molecule has 1 N–H and O–H groups in total. The van der Waals surface area contributed by atoms with Crippen LogP contribution in [0.25, 0.3) is 0 Å². The lowest BCUT2D eigenvalue weighted by Gasteiger charge is -2.24. The lowest BCUT2D eigenvalue weighted by atomic mass is 10.1. The van der Waals surface area contributed by atoms with E-state index in [2.05, 4.69) is 38.0 Å². The van der Waals surface area contributed by atoms with Crippen LogP contribution in [0.5, 0.6) is 0 Å². The van der Waals surface area contributed by atoms with Crippen LogP contribution in [0.2, 0.25) is 0 Å². The van der Waals surface area contributed by atoms with E-state index in [0.29, 0.717) is 0 Å². The number of rotatable bonds is 8. The van der Waals surface area contributed by atoms with Gasteiger partial charge in [0.05, 0.1) is 0 Å². The summed E-state index contributed by atoms with van der Waals surface area (Å²) in [6.45, 7) is 10.4. The second-order valence-corrected chi connectivity index (χ2v) is 5.49. The molecule has 0 bridgehead atoms. The molecule has 1 aliphatic carbocycles. The van der Waals surface area contributed by atoms with Crippen LogP contribution in [0.3, 0.4) is 0 Å². The molecule has 1 atom stereocenters. The summed E-state index contributed by atoms with van der Waals surface area (Å²) in [7, 11) is 2.26. The minimum Gasteiger partial charge on any atom is -0.315 e. The summed E-state index contributed by atoms with van der Waals surface area (Å²) >= 11 is 0. The van der Waals surface area contributed by atoms with E-state index in [0.717, 1.165) is 24.4 Å². The number of nitrogens with zero attached hydrogens (tertiary/aromatic N) is 1. The van der Waals surface area contributed by atoms with E-state index in [1.165, 1.54) is 32.4 Å². The van der Waals surface area contributed by atoms with Crippen molar-refractivity contribution in [1.82, 2.24) is 10.2 Å². The zero-order chi connectivity index (χ0) is 11.3. The van der Waals surface area contributed by atoms with Crippen molar-refractivity contribution in [3.63, 3.8) is 0 Å². The van der Waals surface area contributed by atoms with Gasteiger partial charge in [0, 0.05) is 19.1 Å². The highest BCUT2D eigenvalue weighted by Crippen LogP contribution is 2.34. The quantitative estimate of drug-likeness (QED) is 0.621. The van der Waals surface area contributed by atoms with Crippen LogP contribution >= 0.6 is 0 Å². The fourth-order valence-electron chi connectivity index (χ4n) is 1.91. The van der Waals surface area contributed by atoms with E-state index in [-0.39, 0.29) is 0 Å². The Hall–Kier alpha value is -0.0800. The van der Waals surface area contributed by atoms with Gasteiger partial charge in [0.1, 0.15) is 0 Å². The molecule has 15 heavy (non-hydrogen) atoms. The van der Waals surface area contributed by atoms with Crippen molar-refractivity contribution >= 4 is 0 Å². The summed E-state index contributed by atoms with van der Waals surface area (Å²) in [5.41, 5.74) is 0. The van der Waals surface area contributed by atoms with E-state index in [9.17, 15) is 0 Å². The zero-order valence-corrected chi connectivity index (χ0v) is 10.9. The van der Waals surface area contributed by atoms with Crippen molar-refractivity contribution < 1.29 is 0 Å². The Kier molecular flexibility index (Phi) is 5.62. The molecule has 0 aromatic rings. The highest BCUT2D eigenvalue weighted by atomic mass is 15.1. The van der Waals surface area contributed by atoms with Crippen LogP contribution in [-0.2, 0) is 0 Å². The van der Waals surface area contributed by atoms with Gasteiger partial charge >= 0.3 is 0 Å². The maximum atomic E-state index is 3.52. The lowest BCUT2D eigenvalue weighted by molar-refractivity contribution is 0.234. The topological polar surface area (TPSA) is 15.3 Å². The van der Waals surface area contributed by atoms with Gasteiger partial charge in [0.25, 0.3) is 0 Å². The summed E-state index contributed by atoms with van der Waals surface area (Å²) in [6, 6.07) is 0.789. The first-order valence-electron chi connectivity index (χ1n) is 6.52. The molecule has 0 radical (unpaired) electrons. The summed E-state index contributed by atoms with van der Waals surface area (Å²) < 4.78 is 0. The third kappa shape index (κ3) is 5.53. The second kappa shape index (κ2) is 6.49. The van der Waals surface area contributed by atoms with Gasteiger partial charge in [-0.15, -0.1) is 0 Å². The standard InChI is InChI=1S/C13H28N2/c1-11(2)7-8-14-9-10-15(4)12(3)13-5-6-13/h11-14H,5-10H2,1-4H3. The zero-order valence-electron chi connectivity index (χ0n) is 10.9. The average molecular weight is 212 g/mol.